The van der Waals surface area contributed by atoms with Gasteiger partial charge in [-0.05, 0) is 109 Å². The molecule has 1 aromatic heterocycles. The summed E-state index contributed by atoms with van der Waals surface area (Å²) in [6.45, 7) is 7.67. The summed E-state index contributed by atoms with van der Waals surface area (Å²) in [6.07, 6.45) is 7.82. The number of hydrogen-bond donors (Lipinski definition) is 0. The fourth-order valence-corrected chi connectivity index (χ4v) is 8.54. The third-order valence-corrected chi connectivity index (χ3v) is 10.1. The summed E-state index contributed by atoms with van der Waals surface area (Å²) < 4.78 is 0. The molecule has 4 fully saturated rings. The second kappa shape index (κ2) is 10.5. The molecule has 4 saturated carbocycles. The Hall–Kier alpha value is -5.13. The Labute approximate surface area is 258 Å². The molecule has 0 atom stereocenters. The van der Waals surface area contributed by atoms with E-state index >= 15 is 0 Å². The lowest BCUT2D eigenvalue weighted by atomic mass is 9.48. The van der Waals surface area contributed by atoms with Gasteiger partial charge in [0.1, 0.15) is 0 Å². The van der Waals surface area contributed by atoms with Crippen molar-refractivity contribution in [2.45, 2.75) is 43.9 Å². The van der Waals surface area contributed by atoms with Crippen LogP contribution >= 0.6 is 0 Å². The highest BCUT2D eigenvalue weighted by Gasteiger charge is 2.51. The van der Waals surface area contributed by atoms with Gasteiger partial charge in [-0.2, -0.15) is 5.26 Å². The third kappa shape index (κ3) is 4.76. The Bertz CT molecular complexity index is 1840. The lowest BCUT2D eigenvalue weighted by Gasteiger charge is -2.57. The van der Waals surface area contributed by atoms with Crippen LogP contribution in [-0.4, -0.2) is 15.0 Å². The molecule has 0 unspecified atom stereocenters. The number of hydrogen-bond acceptors (Lipinski definition) is 4. The summed E-state index contributed by atoms with van der Waals surface area (Å²) in [6, 6.07) is 34.6. The molecule has 0 N–H and O–H groups in total. The molecule has 212 valence electrons. The van der Waals surface area contributed by atoms with Crippen LogP contribution in [0.25, 0.3) is 50.1 Å². The van der Waals surface area contributed by atoms with Gasteiger partial charge in [0, 0.05) is 22.3 Å². The van der Waals surface area contributed by atoms with Gasteiger partial charge >= 0.3 is 0 Å². The zero-order chi connectivity index (χ0) is 29.7. The number of nitriles is 1. The minimum atomic E-state index is 0.145. The highest BCUT2D eigenvalue weighted by molar-refractivity contribution is 5.77. The molecule has 4 aliphatic rings. The van der Waals surface area contributed by atoms with E-state index in [9.17, 15) is 5.26 Å². The van der Waals surface area contributed by atoms with E-state index < -0.39 is 0 Å². The van der Waals surface area contributed by atoms with Gasteiger partial charge in [0.25, 0.3) is 0 Å². The van der Waals surface area contributed by atoms with Crippen molar-refractivity contribution in [2.75, 3.05) is 0 Å². The number of rotatable bonds is 5. The molecular weight excluding hydrogens is 538 g/mol. The fraction of sp³-hybridized carbons (Fsp3) is 0.256. The predicted octanol–water partition coefficient (Wildman–Crippen LogP) is 9.43. The van der Waals surface area contributed by atoms with Gasteiger partial charge in [-0.15, -0.1) is 0 Å². The maximum atomic E-state index is 9.77. The molecule has 4 aliphatic carbocycles. The molecule has 0 amide bonds. The quantitative estimate of drug-likeness (QED) is 0.198. The largest absolute Gasteiger partial charge is 0.238 e. The summed E-state index contributed by atoms with van der Waals surface area (Å²) in [5, 5.41) is 9.77. The maximum Gasteiger partial charge on any atom is 0.189 e. The van der Waals surface area contributed by atoms with Crippen LogP contribution in [0.3, 0.4) is 0 Å². The topological polar surface area (TPSA) is 66.8 Å². The average Bonchev–Trinajstić information content (AvgIpc) is 3.08. The van der Waals surface area contributed by atoms with E-state index in [-0.39, 0.29) is 5.41 Å². The lowest BCUT2D eigenvalue weighted by molar-refractivity contribution is -0.00515. The highest BCUT2D eigenvalue weighted by Crippen LogP contribution is 2.61. The normalized spacial score (nSPS) is 23.2. The summed E-state index contributed by atoms with van der Waals surface area (Å²) in [7, 11) is 0. The lowest BCUT2D eigenvalue weighted by Crippen LogP contribution is -2.48. The summed E-state index contributed by atoms with van der Waals surface area (Å²) in [5.41, 5.74) is 7.15. The molecule has 0 radical (unpaired) electrons. The van der Waals surface area contributed by atoms with Crippen LogP contribution in [0.2, 0.25) is 0 Å². The third-order valence-electron chi connectivity index (χ3n) is 10.1. The molecule has 4 bridgehead atoms. The Morgan fingerprint density at radius 1 is 0.614 bits per heavy atom. The molecule has 0 saturated heterocycles. The van der Waals surface area contributed by atoms with E-state index in [1.165, 1.54) is 44.1 Å². The van der Waals surface area contributed by atoms with Crippen molar-refractivity contribution in [3.63, 3.8) is 0 Å². The van der Waals surface area contributed by atoms with E-state index in [1.807, 2.05) is 72.8 Å². The Kier molecular flexibility index (Phi) is 6.35. The van der Waals surface area contributed by atoms with Gasteiger partial charge in [-0.1, -0.05) is 66.7 Å². The van der Waals surface area contributed by atoms with Gasteiger partial charge in [0.2, 0.25) is 0 Å². The Balaban J connectivity index is 1.35. The van der Waals surface area contributed by atoms with Crippen molar-refractivity contribution in [3.8, 4) is 51.4 Å². The van der Waals surface area contributed by atoms with Crippen LogP contribution in [0.5, 0.6) is 0 Å². The number of nitrogens with zero attached hydrogens (tertiary/aromatic N) is 5. The number of benzene rings is 4. The second-order valence-corrected chi connectivity index (χ2v) is 13.0. The molecule has 5 nitrogen and oxygen atoms in total. The Morgan fingerprint density at radius 3 is 1.64 bits per heavy atom. The van der Waals surface area contributed by atoms with Gasteiger partial charge < -0.3 is 0 Å². The maximum absolute atomic E-state index is 9.77. The number of aromatic nitrogens is 3. The first-order valence-electron chi connectivity index (χ1n) is 15.5. The smallest absolute Gasteiger partial charge is 0.189 e. The standard InChI is InChI=1S/C39H31N5/c1-41-35-16-28(24-40)15-31(20-35)32-17-33(19-34(18-32)39-21-25-12-26(22-39)14-27(13-25)23-39)38-43-36(29-8-4-2-5-9-29)42-37(44-38)30-10-6-3-7-11-30/h2-11,15-20,25-27H,12-14,21-23H2. The molecule has 44 heavy (non-hydrogen) atoms. The molecule has 0 aliphatic heterocycles. The highest BCUT2D eigenvalue weighted by atomic mass is 15.0. The first-order valence-corrected chi connectivity index (χ1v) is 15.5. The van der Waals surface area contributed by atoms with Crippen molar-refractivity contribution in [1.29, 1.82) is 5.26 Å². The van der Waals surface area contributed by atoms with Crippen molar-refractivity contribution >= 4 is 5.69 Å². The molecule has 4 aromatic carbocycles. The predicted molar refractivity (Wildman–Crippen MR) is 172 cm³/mol. The molecule has 1 heterocycles. The van der Waals surface area contributed by atoms with Gasteiger partial charge in [0.05, 0.1) is 12.6 Å². The fourth-order valence-electron chi connectivity index (χ4n) is 8.54. The van der Waals surface area contributed by atoms with E-state index in [1.54, 1.807) is 6.07 Å². The molecule has 5 heteroatoms. The van der Waals surface area contributed by atoms with E-state index in [0.29, 0.717) is 28.7 Å². The van der Waals surface area contributed by atoms with Crippen LogP contribution in [0, 0.1) is 35.7 Å². The molecule has 9 rings (SSSR count). The monoisotopic (exact) mass is 569 g/mol. The minimum Gasteiger partial charge on any atom is -0.238 e. The SMILES string of the molecule is [C-]#[N+]c1cc(C#N)cc(-c2cc(-c3nc(-c4ccccc4)nc(-c4ccccc4)n3)cc(C34CC5CC(CC(C5)C3)C4)c2)c1. The first-order chi connectivity index (χ1) is 21.6. The van der Waals surface area contributed by atoms with Gasteiger partial charge in [-0.3, -0.25) is 0 Å². The molecular formula is C39H31N5. The van der Waals surface area contributed by atoms with Crippen molar-refractivity contribution in [1.82, 2.24) is 15.0 Å². The summed E-state index contributed by atoms with van der Waals surface area (Å²) >= 11 is 0. The van der Waals surface area contributed by atoms with Crippen molar-refractivity contribution in [3.05, 3.63) is 120 Å². The van der Waals surface area contributed by atoms with Gasteiger partial charge in [-0.25, -0.2) is 19.8 Å². The van der Waals surface area contributed by atoms with E-state index in [2.05, 4.69) is 29.1 Å². The van der Waals surface area contributed by atoms with E-state index in [0.717, 1.165) is 45.6 Å². The summed E-state index contributed by atoms with van der Waals surface area (Å²) in [5.74, 6) is 4.31. The van der Waals surface area contributed by atoms with Crippen LogP contribution < -0.4 is 0 Å². The van der Waals surface area contributed by atoms with Crippen molar-refractivity contribution < 1.29 is 0 Å². The average molecular weight is 570 g/mol. The van der Waals surface area contributed by atoms with Crippen LogP contribution in [0.1, 0.15) is 49.7 Å². The summed E-state index contributed by atoms with van der Waals surface area (Å²) in [4.78, 5) is 18.7. The van der Waals surface area contributed by atoms with Crippen molar-refractivity contribution in [2.24, 2.45) is 17.8 Å². The van der Waals surface area contributed by atoms with Crippen LogP contribution in [0.4, 0.5) is 5.69 Å². The van der Waals surface area contributed by atoms with Gasteiger partial charge in [0.15, 0.2) is 23.2 Å². The van der Waals surface area contributed by atoms with Crippen LogP contribution in [0.15, 0.2) is 97.1 Å². The first kappa shape index (κ1) is 26.5. The zero-order valence-corrected chi connectivity index (χ0v) is 24.4. The minimum absolute atomic E-state index is 0.145. The Morgan fingerprint density at radius 2 is 1.11 bits per heavy atom. The molecule has 0 spiro atoms. The second-order valence-electron chi connectivity index (χ2n) is 13.0. The van der Waals surface area contributed by atoms with E-state index in [4.69, 9.17) is 21.5 Å². The zero-order valence-electron chi connectivity index (χ0n) is 24.4. The molecule has 5 aromatic rings. The van der Waals surface area contributed by atoms with Crippen LogP contribution in [-0.2, 0) is 5.41 Å².